The molecule has 21 heavy (non-hydrogen) atoms. The number of nitrogens with one attached hydrogen (secondary N) is 1. The van der Waals surface area contributed by atoms with Crippen LogP contribution in [0.2, 0.25) is 0 Å². The molecule has 112 valence electrons. The molecule has 5 nitrogen and oxygen atoms in total. The van der Waals surface area contributed by atoms with Gasteiger partial charge < -0.3 is 15.2 Å². The first-order valence-electron chi connectivity index (χ1n) is 6.97. The van der Waals surface area contributed by atoms with E-state index in [1.165, 1.54) is 0 Å². The number of benzene rings is 1. The van der Waals surface area contributed by atoms with Crippen molar-refractivity contribution in [1.29, 1.82) is 0 Å². The summed E-state index contributed by atoms with van der Waals surface area (Å²) in [6.45, 7) is 4.02. The number of aliphatic carboxylic acids is 1. The maximum Gasteiger partial charge on any atom is 0.326 e. The van der Waals surface area contributed by atoms with Gasteiger partial charge in [-0.3, -0.25) is 4.79 Å². The lowest BCUT2D eigenvalue weighted by atomic mass is 9.97. The molecule has 0 spiro atoms. The highest BCUT2D eigenvalue weighted by molar-refractivity contribution is 5.87. The number of carbonyl (C=O) groups excluding carboxylic acids is 1. The second-order valence-electron chi connectivity index (χ2n) is 4.97. The molecule has 0 saturated heterocycles. The van der Waals surface area contributed by atoms with Crippen LogP contribution in [0.4, 0.5) is 0 Å². The monoisotopic (exact) mass is 289 g/mol. The first-order valence-corrected chi connectivity index (χ1v) is 6.97. The van der Waals surface area contributed by atoms with Gasteiger partial charge >= 0.3 is 5.97 Å². The highest BCUT2D eigenvalue weighted by Crippen LogP contribution is 2.27. The van der Waals surface area contributed by atoms with E-state index in [1.807, 2.05) is 24.3 Å². The van der Waals surface area contributed by atoms with E-state index >= 15 is 0 Å². The average Bonchev–Trinajstić information content (AvgIpc) is 2.50. The molecule has 0 aromatic heterocycles. The normalized spacial score (nSPS) is 18.4. The van der Waals surface area contributed by atoms with Crippen LogP contribution < -0.4 is 5.32 Å². The zero-order valence-electron chi connectivity index (χ0n) is 11.7. The molecule has 1 aliphatic rings. The number of fused-ring (bicyclic) bond motifs is 1. The Bertz CT molecular complexity index is 541. The minimum atomic E-state index is -1.05. The van der Waals surface area contributed by atoms with Crippen LogP contribution in [-0.4, -0.2) is 29.6 Å². The molecule has 1 heterocycles. The Hall–Kier alpha value is -2.14. The third kappa shape index (κ3) is 3.70. The quantitative estimate of drug-likeness (QED) is 0.783. The standard InChI is InChI=1S/C16H19NO4/c1-2-3-8-13(16(19)20)17-15(18)14-12-7-5-4-6-11(12)9-10-21-14/h2,4-7,13-14H,1,3,8-10H2,(H,17,18)(H,19,20). The van der Waals surface area contributed by atoms with Gasteiger partial charge in [-0.05, 0) is 30.4 Å². The molecule has 5 heteroatoms. The van der Waals surface area contributed by atoms with Crippen molar-refractivity contribution in [3.63, 3.8) is 0 Å². The van der Waals surface area contributed by atoms with Gasteiger partial charge in [-0.1, -0.05) is 30.3 Å². The van der Waals surface area contributed by atoms with Gasteiger partial charge in [0.05, 0.1) is 6.61 Å². The van der Waals surface area contributed by atoms with E-state index in [9.17, 15) is 9.59 Å². The Morgan fingerprint density at radius 3 is 2.95 bits per heavy atom. The van der Waals surface area contributed by atoms with Crippen molar-refractivity contribution in [2.75, 3.05) is 6.61 Å². The van der Waals surface area contributed by atoms with Crippen LogP contribution in [0.3, 0.4) is 0 Å². The third-order valence-electron chi connectivity index (χ3n) is 3.51. The number of carboxylic acids is 1. The van der Waals surface area contributed by atoms with Gasteiger partial charge in [-0.25, -0.2) is 4.79 Å². The predicted molar refractivity (Wildman–Crippen MR) is 77.8 cm³/mol. The largest absolute Gasteiger partial charge is 0.480 e. The second kappa shape index (κ2) is 7.04. The average molecular weight is 289 g/mol. The highest BCUT2D eigenvalue weighted by Gasteiger charge is 2.30. The van der Waals surface area contributed by atoms with E-state index in [1.54, 1.807) is 6.08 Å². The van der Waals surface area contributed by atoms with E-state index in [2.05, 4.69) is 11.9 Å². The van der Waals surface area contributed by atoms with Gasteiger partial charge in [-0.2, -0.15) is 0 Å². The lowest BCUT2D eigenvalue weighted by molar-refractivity contribution is -0.145. The number of carbonyl (C=O) groups is 2. The maximum atomic E-state index is 12.3. The Morgan fingerprint density at radius 1 is 1.48 bits per heavy atom. The molecule has 2 rings (SSSR count). The summed E-state index contributed by atoms with van der Waals surface area (Å²) in [5, 5.41) is 11.7. The van der Waals surface area contributed by atoms with Gasteiger partial charge in [0.2, 0.25) is 0 Å². The van der Waals surface area contributed by atoms with Crippen LogP contribution in [0.1, 0.15) is 30.1 Å². The van der Waals surface area contributed by atoms with Crippen molar-refractivity contribution in [3.8, 4) is 0 Å². The van der Waals surface area contributed by atoms with E-state index < -0.39 is 24.0 Å². The topological polar surface area (TPSA) is 75.6 Å². The van der Waals surface area contributed by atoms with E-state index in [-0.39, 0.29) is 0 Å². The molecule has 1 aromatic carbocycles. The van der Waals surface area contributed by atoms with E-state index in [0.29, 0.717) is 19.4 Å². The van der Waals surface area contributed by atoms with Crippen LogP contribution in [0.25, 0.3) is 0 Å². The summed E-state index contributed by atoms with van der Waals surface area (Å²) in [6.07, 6.45) is 2.51. The van der Waals surface area contributed by atoms with Gasteiger partial charge in [0, 0.05) is 0 Å². The molecule has 0 radical (unpaired) electrons. The molecule has 1 amide bonds. The Morgan fingerprint density at radius 2 is 2.24 bits per heavy atom. The lowest BCUT2D eigenvalue weighted by Gasteiger charge is -2.26. The Balaban J connectivity index is 2.09. The summed E-state index contributed by atoms with van der Waals surface area (Å²) in [5.41, 5.74) is 1.89. The third-order valence-corrected chi connectivity index (χ3v) is 3.51. The summed E-state index contributed by atoms with van der Waals surface area (Å²) >= 11 is 0. The summed E-state index contributed by atoms with van der Waals surface area (Å²) in [5.74, 6) is -1.45. The van der Waals surface area contributed by atoms with Crippen molar-refractivity contribution in [2.45, 2.75) is 31.4 Å². The molecular weight excluding hydrogens is 270 g/mol. The van der Waals surface area contributed by atoms with Gasteiger partial charge in [0.1, 0.15) is 6.04 Å². The summed E-state index contributed by atoms with van der Waals surface area (Å²) in [7, 11) is 0. The van der Waals surface area contributed by atoms with Crippen molar-refractivity contribution in [3.05, 3.63) is 48.0 Å². The fourth-order valence-corrected chi connectivity index (χ4v) is 2.40. The first-order chi connectivity index (χ1) is 10.1. The molecule has 0 fully saturated rings. The molecule has 2 atom stereocenters. The molecule has 0 bridgehead atoms. The van der Waals surface area contributed by atoms with E-state index in [0.717, 1.165) is 17.5 Å². The molecule has 1 aromatic rings. The number of rotatable bonds is 6. The Labute approximate surface area is 123 Å². The first kappa shape index (κ1) is 15.3. The fourth-order valence-electron chi connectivity index (χ4n) is 2.40. The highest BCUT2D eigenvalue weighted by atomic mass is 16.5. The minimum Gasteiger partial charge on any atom is -0.480 e. The van der Waals surface area contributed by atoms with Crippen molar-refractivity contribution in [2.24, 2.45) is 0 Å². The van der Waals surface area contributed by atoms with Crippen molar-refractivity contribution < 1.29 is 19.4 Å². The number of allylic oxidation sites excluding steroid dienone is 1. The number of carboxylic acid groups (broad SMARTS) is 1. The van der Waals surface area contributed by atoms with E-state index in [4.69, 9.17) is 9.84 Å². The molecule has 1 aliphatic heterocycles. The van der Waals surface area contributed by atoms with Crippen LogP contribution in [-0.2, 0) is 20.7 Å². The van der Waals surface area contributed by atoms with Crippen LogP contribution in [0, 0.1) is 0 Å². The minimum absolute atomic E-state index is 0.318. The molecule has 2 N–H and O–H groups in total. The van der Waals surface area contributed by atoms with Crippen LogP contribution in [0.5, 0.6) is 0 Å². The second-order valence-corrected chi connectivity index (χ2v) is 4.97. The smallest absolute Gasteiger partial charge is 0.326 e. The van der Waals surface area contributed by atoms with Gasteiger partial charge in [-0.15, -0.1) is 6.58 Å². The number of ether oxygens (including phenoxy) is 1. The number of amides is 1. The summed E-state index contributed by atoms with van der Waals surface area (Å²) in [6, 6.07) is 6.65. The van der Waals surface area contributed by atoms with Crippen molar-refractivity contribution >= 4 is 11.9 Å². The molecule has 0 saturated carbocycles. The molecular formula is C16H19NO4. The number of hydrogen-bond donors (Lipinski definition) is 2. The fraction of sp³-hybridized carbons (Fsp3) is 0.375. The van der Waals surface area contributed by atoms with Gasteiger partial charge in [0.15, 0.2) is 6.10 Å². The summed E-state index contributed by atoms with van der Waals surface area (Å²) in [4.78, 5) is 23.5. The summed E-state index contributed by atoms with van der Waals surface area (Å²) < 4.78 is 5.53. The van der Waals surface area contributed by atoms with Crippen molar-refractivity contribution in [1.82, 2.24) is 5.32 Å². The number of hydrogen-bond acceptors (Lipinski definition) is 3. The molecule has 0 aliphatic carbocycles. The zero-order chi connectivity index (χ0) is 15.2. The zero-order valence-corrected chi connectivity index (χ0v) is 11.7. The van der Waals surface area contributed by atoms with Crippen LogP contribution >= 0.6 is 0 Å². The Kier molecular flexibility index (Phi) is 5.11. The lowest BCUT2D eigenvalue weighted by Crippen LogP contribution is -2.44. The van der Waals surface area contributed by atoms with Gasteiger partial charge in [0.25, 0.3) is 5.91 Å². The SMILES string of the molecule is C=CCCC(NC(=O)C1OCCc2ccccc21)C(=O)O. The predicted octanol–water partition coefficient (Wildman–Crippen LogP) is 1.84. The van der Waals surface area contributed by atoms with Crippen LogP contribution in [0.15, 0.2) is 36.9 Å². The molecule has 2 unspecified atom stereocenters. The maximum absolute atomic E-state index is 12.3.